The van der Waals surface area contributed by atoms with Gasteiger partial charge in [-0.3, -0.25) is 0 Å². The second-order valence-corrected chi connectivity index (χ2v) is 7.82. The predicted octanol–water partition coefficient (Wildman–Crippen LogP) is 3.49. The van der Waals surface area contributed by atoms with Gasteiger partial charge in [0.2, 0.25) is 0 Å². The van der Waals surface area contributed by atoms with Crippen LogP contribution in [-0.2, 0) is 0 Å². The van der Waals surface area contributed by atoms with Gasteiger partial charge in [-0.1, -0.05) is 48.0 Å². The highest BCUT2D eigenvalue weighted by molar-refractivity contribution is 6.30. The van der Waals surface area contributed by atoms with E-state index in [1.807, 2.05) is 12.1 Å². The molecule has 0 bridgehead atoms. The molecule has 3 nitrogen and oxygen atoms in total. The quantitative estimate of drug-likeness (QED) is 0.833. The minimum absolute atomic E-state index is 0.382. The molecule has 4 heteroatoms. The van der Waals surface area contributed by atoms with Crippen LogP contribution in [0.3, 0.4) is 0 Å². The summed E-state index contributed by atoms with van der Waals surface area (Å²) in [5.74, 6) is 0.667. The highest BCUT2D eigenvalue weighted by atomic mass is 35.5. The summed E-state index contributed by atoms with van der Waals surface area (Å²) in [6.45, 7) is 4.40. The molecule has 2 aliphatic rings. The molecule has 0 spiro atoms. The Morgan fingerprint density at radius 3 is 2.36 bits per heavy atom. The second-order valence-electron chi connectivity index (χ2n) is 7.38. The molecule has 0 amide bonds. The fourth-order valence-electron chi connectivity index (χ4n) is 3.83. The van der Waals surface area contributed by atoms with E-state index in [4.69, 9.17) is 17.3 Å². The van der Waals surface area contributed by atoms with Gasteiger partial charge in [-0.25, -0.2) is 0 Å². The third-order valence-electron chi connectivity index (χ3n) is 5.45. The lowest BCUT2D eigenvalue weighted by molar-refractivity contribution is 0.331. The minimum atomic E-state index is 0.382. The smallest absolute Gasteiger partial charge is 0.0406 e. The molecule has 1 saturated carbocycles. The predicted molar refractivity (Wildman–Crippen MR) is 105 cm³/mol. The Morgan fingerprint density at radius 2 is 1.72 bits per heavy atom. The maximum absolute atomic E-state index is 5.96. The molecule has 2 fully saturated rings. The standard InChI is InChI=1S/C21H26ClN3/c22-18-7-5-16(6-8-18)15-1-3-17(4-2-15)20-13-21(20)24-10-12-25-11-9-19(23)14-25/h1-8,19-21,24H,9-14,23H2/t19-,20?,21?/m1/s1. The maximum Gasteiger partial charge on any atom is 0.0406 e. The molecular weight excluding hydrogens is 330 g/mol. The molecule has 2 aromatic rings. The average molecular weight is 356 g/mol. The molecule has 3 N–H and O–H groups in total. The molecule has 2 unspecified atom stereocenters. The molecule has 2 aromatic carbocycles. The van der Waals surface area contributed by atoms with Crippen molar-refractivity contribution in [2.24, 2.45) is 5.73 Å². The Morgan fingerprint density at radius 1 is 1.04 bits per heavy atom. The van der Waals surface area contributed by atoms with Crippen LogP contribution in [0.2, 0.25) is 5.02 Å². The Balaban J connectivity index is 1.26. The van der Waals surface area contributed by atoms with Crippen LogP contribution in [-0.4, -0.2) is 43.2 Å². The fraction of sp³-hybridized carbons (Fsp3) is 0.429. The van der Waals surface area contributed by atoms with Crippen molar-refractivity contribution < 1.29 is 0 Å². The van der Waals surface area contributed by atoms with Gasteiger partial charge in [0, 0.05) is 42.7 Å². The van der Waals surface area contributed by atoms with Crippen LogP contribution in [0, 0.1) is 0 Å². The van der Waals surface area contributed by atoms with E-state index in [9.17, 15) is 0 Å². The Hall–Kier alpha value is -1.39. The number of nitrogens with two attached hydrogens (primary N) is 1. The lowest BCUT2D eigenvalue weighted by Crippen LogP contribution is -2.33. The summed E-state index contributed by atoms with van der Waals surface area (Å²) in [4.78, 5) is 2.47. The average Bonchev–Trinajstić information content (AvgIpc) is 3.28. The van der Waals surface area contributed by atoms with Gasteiger partial charge in [-0.2, -0.15) is 0 Å². The number of hydrogen-bond donors (Lipinski definition) is 2. The molecule has 1 heterocycles. The topological polar surface area (TPSA) is 41.3 Å². The molecule has 0 aromatic heterocycles. The van der Waals surface area contributed by atoms with Crippen molar-refractivity contribution in [2.45, 2.75) is 30.8 Å². The number of benzene rings is 2. The first-order valence-electron chi connectivity index (χ1n) is 9.26. The third kappa shape index (κ3) is 4.24. The fourth-order valence-corrected chi connectivity index (χ4v) is 3.95. The van der Waals surface area contributed by atoms with Crippen molar-refractivity contribution in [3.05, 3.63) is 59.1 Å². The van der Waals surface area contributed by atoms with E-state index in [0.717, 1.165) is 37.6 Å². The van der Waals surface area contributed by atoms with E-state index < -0.39 is 0 Å². The van der Waals surface area contributed by atoms with Crippen molar-refractivity contribution in [3.8, 4) is 11.1 Å². The molecule has 25 heavy (non-hydrogen) atoms. The van der Waals surface area contributed by atoms with Crippen molar-refractivity contribution in [1.82, 2.24) is 10.2 Å². The summed E-state index contributed by atoms with van der Waals surface area (Å²) in [6, 6.07) is 18.0. The van der Waals surface area contributed by atoms with E-state index in [1.54, 1.807) is 0 Å². The Labute approximate surface area is 155 Å². The summed E-state index contributed by atoms with van der Waals surface area (Å²) in [6.07, 6.45) is 2.39. The van der Waals surface area contributed by atoms with Gasteiger partial charge in [0.1, 0.15) is 0 Å². The lowest BCUT2D eigenvalue weighted by atomic mass is 10.0. The maximum atomic E-state index is 5.96. The van der Waals surface area contributed by atoms with Gasteiger partial charge in [0.25, 0.3) is 0 Å². The number of nitrogens with one attached hydrogen (secondary N) is 1. The number of rotatable bonds is 6. The van der Waals surface area contributed by atoms with Gasteiger partial charge < -0.3 is 16.0 Å². The third-order valence-corrected chi connectivity index (χ3v) is 5.70. The minimum Gasteiger partial charge on any atom is -0.326 e. The van der Waals surface area contributed by atoms with Crippen LogP contribution in [0.15, 0.2) is 48.5 Å². The first-order chi connectivity index (χ1) is 12.2. The van der Waals surface area contributed by atoms with Crippen molar-refractivity contribution >= 4 is 11.6 Å². The first kappa shape index (κ1) is 17.0. The van der Waals surface area contributed by atoms with Crippen LogP contribution in [0.1, 0.15) is 24.3 Å². The van der Waals surface area contributed by atoms with Gasteiger partial charge in [-0.05, 0) is 48.2 Å². The van der Waals surface area contributed by atoms with Crippen molar-refractivity contribution in [2.75, 3.05) is 26.2 Å². The van der Waals surface area contributed by atoms with Gasteiger partial charge in [-0.15, -0.1) is 0 Å². The molecule has 4 rings (SSSR count). The molecular formula is C21H26ClN3. The molecule has 0 radical (unpaired) electrons. The number of nitrogens with zero attached hydrogens (tertiary/aromatic N) is 1. The lowest BCUT2D eigenvalue weighted by Gasteiger charge is -2.15. The summed E-state index contributed by atoms with van der Waals surface area (Å²) >= 11 is 5.96. The Kier molecular flexibility index (Phi) is 5.09. The van der Waals surface area contributed by atoms with Crippen molar-refractivity contribution in [1.29, 1.82) is 0 Å². The van der Waals surface area contributed by atoms with Gasteiger partial charge in [0.15, 0.2) is 0 Å². The molecule has 132 valence electrons. The number of halogens is 1. The van der Waals surface area contributed by atoms with E-state index in [2.05, 4.69) is 46.6 Å². The molecule has 1 aliphatic heterocycles. The SMILES string of the molecule is N[C@@H]1CCN(CCNC2CC2c2ccc(-c3ccc(Cl)cc3)cc2)C1. The first-order valence-corrected chi connectivity index (χ1v) is 9.64. The van der Waals surface area contributed by atoms with E-state index in [1.165, 1.54) is 23.1 Å². The van der Waals surface area contributed by atoms with Crippen LogP contribution in [0.4, 0.5) is 0 Å². The Bertz CT molecular complexity index is 698. The van der Waals surface area contributed by atoms with E-state index in [-0.39, 0.29) is 0 Å². The highest BCUT2D eigenvalue weighted by Crippen LogP contribution is 2.41. The summed E-state index contributed by atoms with van der Waals surface area (Å²) < 4.78 is 0. The van der Waals surface area contributed by atoms with Crippen LogP contribution >= 0.6 is 11.6 Å². The summed E-state index contributed by atoms with van der Waals surface area (Å²) in [5.41, 5.74) is 9.86. The van der Waals surface area contributed by atoms with E-state index >= 15 is 0 Å². The zero-order chi connectivity index (χ0) is 17.2. The number of hydrogen-bond acceptors (Lipinski definition) is 3. The van der Waals surface area contributed by atoms with Gasteiger partial charge in [0.05, 0.1) is 0 Å². The monoisotopic (exact) mass is 355 g/mol. The largest absolute Gasteiger partial charge is 0.326 e. The van der Waals surface area contributed by atoms with E-state index in [0.29, 0.717) is 18.0 Å². The summed E-state index contributed by atoms with van der Waals surface area (Å²) in [7, 11) is 0. The van der Waals surface area contributed by atoms with Crippen LogP contribution in [0.5, 0.6) is 0 Å². The number of likely N-dealkylation sites (tertiary alicyclic amines) is 1. The molecule has 1 saturated heterocycles. The van der Waals surface area contributed by atoms with Gasteiger partial charge >= 0.3 is 0 Å². The second kappa shape index (κ2) is 7.46. The van der Waals surface area contributed by atoms with Crippen LogP contribution < -0.4 is 11.1 Å². The normalized spacial score (nSPS) is 26.1. The van der Waals surface area contributed by atoms with Crippen molar-refractivity contribution in [3.63, 3.8) is 0 Å². The highest BCUT2D eigenvalue weighted by Gasteiger charge is 2.37. The molecule has 1 aliphatic carbocycles. The molecule has 3 atom stereocenters. The van der Waals surface area contributed by atoms with Crippen LogP contribution in [0.25, 0.3) is 11.1 Å². The zero-order valence-corrected chi connectivity index (χ0v) is 15.3. The summed E-state index contributed by atoms with van der Waals surface area (Å²) in [5, 5.41) is 4.48. The zero-order valence-electron chi connectivity index (χ0n) is 14.5.